The summed E-state index contributed by atoms with van der Waals surface area (Å²) in [5.41, 5.74) is 0.571. The van der Waals surface area contributed by atoms with Crippen LogP contribution in [0.5, 0.6) is 5.75 Å². The summed E-state index contributed by atoms with van der Waals surface area (Å²) in [4.78, 5) is 8.15. The number of phenolic OH excluding ortho intramolecular Hbond substituents is 1. The second-order valence-corrected chi connectivity index (χ2v) is 2.66. The lowest BCUT2D eigenvalue weighted by atomic mass is 10.2. The van der Waals surface area contributed by atoms with Gasteiger partial charge in [0.2, 0.25) is 5.95 Å². The van der Waals surface area contributed by atoms with Crippen LogP contribution in [-0.4, -0.2) is 22.1 Å². The Morgan fingerprint density at radius 1 is 1.38 bits per heavy atom. The summed E-state index contributed by atoms with van der Waals surface area (Å²) in [6, 6.07) is 5.23. The van der Waals surface area contributed by atoms with E-state index in [9.17, 15) is 5.11 Å². The number of nitrogens with zero attached hydrogens (tertiary/aromatic N) is 2. The molecule has 4 nitrogen and oxygen atoms in total. The molecule has 2 rings (SSSR count). The van der Waals surface area contributed by atoms with Crippen molar-refractivity contribution in [1.29, 1.82) is 0 Å². The predicted molar refractivity (Wildman–Crippen MR) is 50.7 cm³/mol. The Morgan fingerprint density at radius 3 is 3.00 bits per heavy atom. The summed E-state index contributed by atoms with van der Waals surface area (Å²) in [7, 11) is 1.74. The molecular weight excluding hydrogens is 166 g/mol. The SMILES string of the molecule is CNc1ncc2cccc(O)c2n1. The van der Waals surface area contributed by atoms with Crippen LogP contribution in [0.25, 0.3) is 10.9 Å². The summed E-state index contributed by atoms with van der Waals surface area (Å²) >= 11 is 0. The molecule has 0 saturated heterocycles. The number of nitrogens with one attached hydrogen (secondary N) is 1. The quantitative estimate of drug-likeness (QED) is 0.687. The lowest BCUT2D eigenvalue weighted by Gasteiger charge is -2.01. The molecule has 0 atom stereocenters. The molecule has 0 aliphatic heterocycles. The van der Waals surface area contributed by atoms with E-state index in [2.05, 4.69) is 15.3 Å². The fourth-order valence-corrected chi connectivity index (χ4v) is 1.16. The standard InChI is InChI=1S/C9H9N3O/c1-10-9-11-5-6-3-2-4-7(13)8(6)12-9/h2-5,13H,1H3,(H,10,11,12). The molecular formula is C9H9N3O. The number of aromatic hydroxyl groups is 1. The Labute approximate surface area is 75.3 Å². The van der Waals surface area contributed by atoms with Gasteiger partial charge in [0.05, 0.1) is 0 Å². The normalized spacial score (nSPS) is 10.2. The molecule has 0 radical (unpaired) electrons. The first-order valence-electron chi connectivity index (χ1n) is 3.94. The van der Waals surface area contributed by atoms with Crippen LogP contribution in [0.3, 0.4) is 0 Å². The van der Waals surface area contributed by atoms with Crippen molar-refractivity contribution in [3.05, 3.63) is 24.4 Å². The summed E-state index contributed by atoms with van der Waals surface area (Å²) in [5, 5.41) is 13.1. The Morgan fingerprint density at radius 2 is 2.23 bits per heavy atom. The number of rotatable bonds is 1. The Kier molecular flexibility index (Phi) is 1.73. The highest BCUT2D eigenvalue weighted by atomic mass is 16.3. The molecule has 0 fully saturated rings. The zero-order valence-corrected chi connectivity index (χ0v) is 7.15. The molecule has 1 aromatic heterocycles. The molecule has 2 aromatic rings. The Balaban J connectivity index is 2.74. The first-order chi connectivity index (χ1) is 6.31. The third-order valence-corrected chi connectivity index (χ3v) is 1.81. The van der Waals surface area contributed by atoms with Crippen LogP contribution >= 0.6 is 0 Å². The van der Waals surface area contributed by atoms with Gasteiger partial charge in [0.15, 0.2) is 0 Å². The second kappa shape index (κ2) is 2.90. The smallest absolute Gasteiger partial charge is 0.223 e. The Bertz CT molecular complexity index is 442. The summed E-state index contributed by atoms with van der Waals surface area (Å²) < 4.78 is 0. The monoisotopic (exact) mass is 175 g/mol. The van der Waals surface area contributed by atoms with Crippen molar-refractivity contribution in [2.45, 2.75) is 0 Å². The van der Waals surface area contributed by atoms with E-state index in [0.29, 0.717) is 11.5 Å². The summed E-state index contributed by atoms with van der Waals surface area (Å²) in [5.74, 6) is 0.686. The van der Waals surface area contributed by atoms with Crippen LogP contribution in [0, 0.1) is 0 Å². The fourth-order valence-electron chi connectivity index (χ4n) is 1.16. The molecule has 1 heterocycles. The predicted octanol–water partition coefficient (Wildman–Crippen LogP) is 1.38. The number of phenols is 1. The number of anilines is 1. The average Bonchev–Trinajstić information content (AvgIpc) is 2.18. The van der Waals surface area contributed by atoms with Gasteiger partial charge in [-0.1, -0.05) is 12.1 Å². The Hall–Kier alpha value is -1.84. The van der Waals surface area contributed by atoms with Crippen molar-refractivity contribution in [3.63, 3.8) is 0 Å². The van der Waals surface area contributed by atoms with Crippen molar-refractivity contribution < 1.29 is 5.11 Å². The molecule has 2 N–H and O–H groups in total. The molecule has 0 saturated carbocycles. The maximum Gasteiger partial charge on any atom is 0.223 e. The first kappa shape index (κ1) is 7.79. The second-order valence-electron chi connectivity index (χ2n) is 2.66. The van der Waals surface area contributed by atoms with E-state index in [1.807, 2.05) is 6.07 Å². The molecule has 1 aromatic carbocycles. The molecule has 0 unspecified atom stereocenters. The lowest BCUT2D eigenvalue weighted by Crippen LogP contribution is -1.95. The molecule has 66 valence electrons. The van der Waals surface area contributed by atoms with Gasteiger partial charge < -0.3 is 10.4 Å². The van der Waals surface area contributed by atoms with Gasteiger partial charge in [0.1, 0.15) is 11.3 Å². The fraction of sp³-hybridized carbons (Fsp3) is 0.111. The lowest BCUT2D eigenvalue weighted by molar-refractivity contribution is 0.480. The van der Waals surface area contributed by atoms with Crippen LogP contribution in [0.2, 0.25) is 0 Å². The summed E-state index contributed by atoms with van der Waals surface area (Å²) in [6.07, 6.45) is 1.67. The number of para-hydroxylation sites is 1. The molecule has 13 heavy (non-hydrogen) atoms. The van der Waals surface area contributed by atoms with Crippen molar-refractivity contribution in [1.82, 2.24) is 9.97 Å². The third-order valence-electron chi connectivity index (χ3n) is 1.81. The highest BCUT2D eigenvalue weighted by molar-refractivity contribution is 5.84. The minimum atomic E-state index is 0.177. The van der Waals surface area contributed by atoms with E-state index < -0.39 is 0 Å². The molecule has 0 spiro atoms. The molecule has 0 aliphatic rings. The number of benzene rings is 1. The van der Waals surface area contributed by atoms with Gasteiger partial charge in [-0.3, -0.25) is 0 Å². The van der Waals surface area contributed by atoms with Gasteiger partial charge in [-0.25, -0.2) is 9.97 Å². The molecule has 4 heteroatoms. The van der Waals surface area contributed by atoms with E-state index in [1.165, 1.54) is 0 Å². The maximum absolute atomic E-state index is 9.47. The van der Waals surface area contributed by atoms with Crippen molar-refractivity contribution in [3.8, 4) is 5.75 Å². The van der Waals surface area contributed by atoms with Gasteiger partial charge in [-0.2, -0.15) is 0 Å². The highest BCUT2D eigenvalue weighted by Crippen LogP contribution is 2.21. The van der Waals surface area contributed by atoms with Crippen molar-refractivity contribution in [2.75, 3.05) is 12.4 Å². The zero-order chi connectivity index (χ0) is 9.26. The number of hydrogen-bond donors (Lipinski definition) is 2. The van der Waals surface area contributed by atoms with Crippen LogP contribution in [0.15, 0.2) is 24.4 Å². The minimum Gasteiger partial charge on any atom is -0.506 e. The summed E-state index contributed by atoms with van der Waals surface area (Å²) in [6.45, 7) is 0. The van der Waals surface area contributed by atoms with Gasteiger partial charge in [0, 0.05) is 18.6 Å². The van der Waals surface area contributed by atoms with Crippen LogP contribution in [0.1, 0.15) is 0 Å². The van der Waals surface area contributed by atoms with Gasteiger partial charge in [0.25, 0.3) is 0 Å². The molecule has 0 bridgehead atoms. The minimum absolute atomic E-state index is 0.177. The van der Waals surface area contributed by atoms with E-state index in [4.69, 9.17) is 0 Å². The highest BCUT2D eigenvalue weighted by Gasteiger charge is 2.01. The average molecular weight is 175 g/mol. The van der Waals surface area contributed by atoms with E-state index in [-0.39, 0.29) is 5.75 Å². The van der Waals surface area contributed by atoms with Gasteiger partial charge in [-0.05, 0) is 6.07 Å². The zero-order valence-electron chi connectivity index (χ0n) is 7.15. The van der Waals surface area contributed by atoms with E-state index in [1.54, 1.807) is 25.4 Å². The van der Waals surface area contributed by atoms with E-state index >= 15 is 0 Å². The molecule has 0 amide bonds. The van der Waals surface area contributed by atoms with Crippen LogP contribution in [0.4, 0.5) is 5.95 Å². The number of fused-ring (bicyclic) bond motifs is 1. The number of aromatic nitrogens is 2. The third kappa shape index (κ3) is 1.26. The topological polar surface area (TPSA) is 58.0 Å². The van der Waals surface area contributed by atoms with Crippen molar-refractivity contribution in [2.24, 2.45) is 0 Å². The van der Waals surface area contributed by atoms with Crippen LogP contribution in [-0.2, 0) is 0 Å². The van der Waals surface area contributed by atoms with Gasteiger partial charge in [-0.15, -0.1) is 0 Å². The maximum atomic E-state index is 9.47. The largest absolute Gasteiger partial charge is 0.506 e. The van der Waals surface area contributed by atoms with Crippen LogP contribution < -0.4 is 5.32 Å². The van der Waals surface area contributed by atoms with Gasteiger partial charge >= 0.3 is 0 Å². The first-order valence-corrected chi connectivity index (χ1v) is 3.94. The molecule has 0 aliphatic carbocycles. The number of hydrogen-bond acceptors (Lipinski definition) is 4. The van der Waals surface area contributed by atoms with E-state index in [0.717, 1.165) is 5.39 Å². The van der Waals surface area contributed by atoms with Crippen molar-refractivity contribution >= 4 is 16.9 Å².